The number of hydrogen-bond acceptors (Lipinski definition) is 3. The zero-order chi connectivity index (χ0) is 10.1. The van der Waals surface area contributed by atoms with E-state index in [1.54, 1.807) is 6.20 Å². The van der Waals surface area contributed by atoms with Crippen molar-refractivity contribution >= 4 is 5.97 Å². The molecule has 0 radical (unpaired) electrons. The lowest BCUT2D eigenvalue weighted by atomic mass is 10.4. The first kappa shape index (κ1) is 11.6. The molecule has 0 aromatic carbocycles. The van der Waals surface area contributed by atoms with E-state index in [0.29, 0.717) is 0 Å². The number of pyridine rings is 1. The minimum Gasteiger partial charge on any atom is -0.459 e. The first-order chi connectivity index (χ1) is 6.29. The summed E-state index contributed by atoms with van der Waals surface area (Å²) in [4.78, 5) is 14.3. The second-order valence-electron chi connectivity index (χ2n) is 2.10. The van der Waals surface area contributed by atoms with Crippen LogP contribution in [0, 0.1) is 0 Å². The second kappa shape index (κ2) is 7.28. The lowest BCUT2D eigenvalue weighted by Crippen LogP contribution is -1.99. The van der Waals surface area contributed by atoms with Crippen molar-refractivity contribution in [2.75, 3.05) is 0 Å². The Balaban J connectivity index is 0.000000671. The van der Waals surface area contributed by atoms with Crippen LogP contribution in [0.15, 0.2) is 24.4 Å². The summed E-state index contributed by atoms with van der Waals surface area (Å²) in [7, 11) is 0. The molecule has 0 atom stereocenters. The van der Waals surface area contributed by atoms with E-state index in [2.05, 4.69) is 4.98 Å². The molecule has 0 fully saturated rings. The molecule has 3 heteroatoms. The monoisotopic (exact) mass is 181 g/mol. The Labute approximate surface area is 78.8 Å². The van der Waals surface area contributed by atoms with Crippen molar-refractivity contribution in [1.82, 2.24) is 4.98 Å². The van der Waals surface area contributed by atoms with Crippen LogP contribution in [-0.2, 0) is 16.1 Å². The number of nitrogens with zero attached hydrogens (tertiary/aromatic N) is 1. The Kier molecular flexibility index (Phi) is 6.51. The van der Waals surface area contributed by atoms with Gasteiger partial charge in [0.25, 0.3) is 0 Å². The quantitative estimate of drug-likeness (QED) is 0.656. The Morgan fingerprint density at radius 2 is 2.15 bits per heavy atom. The largest absolute Gasteiger partial charge is 0.459 e. The molecule has 1 heterocycles. The van der Waals surface area contributed by atoms with Gasteiger partial charge in [-0.2, -0.15) is 0 Å². The number of carbonyl (C=O) groups excluding carboxylic acids is 1. The van der Waals surface area contributed by atoms with Crippen LogP contribution in [0.2, 0.25) is 0 Å². The van der Waals surface area contributed by atoms with Gasteiger partial charge < -0.3 is 4.74 Å². The zero-order valence-electron chi connectivity index (χ0n) is 8.28. The SMILES string of the molecule is CC.CC(=O)OCc1ccccn1. The molecular weight excluding hydrogens is 166 g/mol. The van der Waals surface area contributed by atoms with Gasteiger partial charge in [-0.05, 0) is 12.1 Å². The molecule has 1 aromatic heterocycles. The predicted molar refractivity (Wildman–Crippen MR) is 51.1 cm³/mol. The molecule has 0 N–H and O–H groups in total. The van der Waals surface area contributed by atoms with E-state index in [4.69, 9.17) is 4.74 Å². The number of rotatable bonds is 2. The van der Waals surface area contributed by atoms with Crippen molar-refractivity contribution in [1.29, 1.82) is 0 Å². The topological polar surface area (TPSA) is 39.2 Å². The average Bonchev–Trinajstić information content (AvgIpc) is 2.19. The van der Waals surface area contributed by atoms with Crippen LogP contribution in [0.1, 0.15) is 26.5 Å². The Morgan fingerprint density at radius 3 is 2.62 bits per heavy atom. The summed E-state index contributed by atoms with van der Waals surface area (Å²) in [6, 6.07) is 5.48. The Bertz CT molecular complexity index is 234. The Hall–Kier alpha value is -1.38. The molecule has 0 unspecified atom stereocenters. The highest BCUT2D eigenvalue weighted by molar-refractivity contribution is 5.65. The van der Waals surface area contributed by atoms with Crippen LogP contribution in [0.3, 0.4) is 0 Å². The average molecular weight is 181 g/mol. The van der Waals surface area contributed by atoms with Crippen molar-refractivity contribution in [3.63, 3.8) is 0 Å². The highest BCUT2D eigenvalue weighted by Gasteiger charge is 1.94. The van der Waals surface area contributed by atoms with Crippen molar-refractivity contribution < 1.29 is 9.53 Å². The van der Waals surface area contributed by atoms with E-state index >= 15 is 0 Å². The van der Waals surface area contributed by atoms with Crippen molar-refractivity contribution in [3.8, 4) is 0 Å². The summed E-state index contributed by atoms with van der Waals surface area (Å²) in [5, 5.41) is 0. The van der Waals surface area contributed by atoms with Crippen LogP contribution in [-0.4, -0.2) is 11.0 Å². The maximum absolute atomic E-state index is 10.4. The summed E-state index contributed by atoms with van der Waals surface area (Å²) in [5.74, 6) is -0.282. The van der Waals surface area contributed by atoms with Gasteiger partial charge in [0, 0.05) is 13.1 Å². The van der Waals surface area contributed by atoms with Gasteiger partial charge in [-0.15, -0.1) is 0 Å². The highest BCUT2D eigenvalue weighted by Crippen LogP contribution is 1.95. The summed E-state index contributed by atoms with van der Waals surface area (Å²) < 4.78 is 4.73. The number of aromatic nitrogens is 1. The highest BCUT2D eigenvalue weighted by atomic mass is 16.5. The third-order valence-electron chi connectivity index (χ3n) is 1.15. The summed E-state index contributed by atoms with van der Waals surface area (Å²) >= 11 is 0. The van der Waals surface area contributed by atoms with Crippen molar-refractivity contribution in [2.24, 2.45) is 0 Å². The zero-order valence-corrected chi connectivity index (χ0v) is 8.28. The molecule has 0 bridgehead atoms. The summed E-state index contributed by atoms with van der Waals surface area (Å²) in [6.45, 7) is 5.64. The molecule has 0 aliphatic heterocycles. The van der Waals surface area contributed by atoms with E-state index in [-0.39, 0.29) is 12.6 Å². The molecule has 72 valence electrons. The van der Waals surface area contributed by atoms with E-state index in [9.17, 15) is 4.79 Å². The molecule has 0 aliphatic carbocycles. The van der Waals surface area contributed by atoms with Gasteiger partial charge >= 0.3 is 5.97 Å². The van der Waals surface area contributed by atoms with E-state index in [1.165, 1.54) is 6.92 Å². The molecule has 0 saturated heterocycles. The maximum atomic E-state index is 10.4. The standard InChI is InChI=1S/C8H9NO2.C2H6/c1-7(10)11-6-8-4-2-3-5-9-8;1-2/h2-5H,6H2,1H3;1-2H3. The maximum Gasteiger partial charge on any atom is 0.303 e. The third kappa shape index (κ3) is 5.84. The molecule has 13 heavy (non-hydrogen) atoms. The van der Waals surface area contributed by atoms with Gasteiger partial charge in [0.1, 0.15) is 6.61 Å². The van der Waals surface area contributed by atoms with E-state index in [1.807, 2.05) is 32.0 Å². The molecular formula is C10H15NO2. The smallest absolute Gasteiger partial charge is 0.303 e. The number of hydrogen-bond donors (Lipinski definition) is 0. The molecule has 1 aromatic rings. The number of ether oxygens (including phenoxy) is 1. The lowest BCUT2D eigenvalue weighted by Gasteiger charge is -1.98. The van der Waals surface area contributed by atoms with E-state index in [0.717, 1.165) is 5.69 Å². The van der Waals surface area contributed by atoms with Gasteiger partial charge in [-0.25, -0.2) is 0 Å². The van der Waals surface area contributed by atoms with Crippen LogP contribution in [0.4, 0.5) is 0 Å². The van der Waals surface area contributed by atoms with Gasteiger partial charge in [0.15, 0.2) is 0 Å². The van der Waals surface area contributed by atoms with Crippen LogP contribution < -0.4 is 0 Å². The van der Waals surface area contributed by atoms with Gasteiger partial charge in [-0.1, -0.05) is 19.9 Å². The fourth-order valence-corrected chi connectivity index (χ4v) is 0.659. The van der Waals surface area contributed by atoms with Crippen molar-refractivity contribution in [3.05, 3.63) is 30.1 Å². The van der Waals surface area contributed by atoms with Gasteiger partial charge in [-0.3, -0.25) is 9.78 Å². The number of carbonyl (C=O) groups is 1. The minimum atomic E-state index is -0.282. The number of esters is 1. The predicted octanol–water partition coefficient (Wildman–Crippen LogP) is 2.17. The second-order valence-corrected chi connectivity index (χ2v) is 2.10. The van der Waals surface area contributed by atoms with Crippen LogP contribution in [0.25, 0.3) is 0 Å². The molecule has 0 amide bonds. The molecule has 0 saturated carbocycles. The molecule has 1 rings (SSSR count). The third-order valence-corrected chi connectivity index (χ3v) is 1.15. The summed E-state index contributed by atoms with van der Waals surface area (Å²) in [6.07, 6.45) is 1.67. The molecule has 3 nitrogen and oxygen atoms in total. The first-order valence-corrected chi connectivity index (χ1v) is 4.32. The first-order valence-electron chi connectivity index (χ1n) is 4.32. The van der Waals surface area contributed by atoms with Gasteiger partial charge in [0.2, 0.25) is 0 Å². The van der Waals surface area contributed by atoms with Crippen molar-refractivity contribution in [2.45, 2.75) is 27.4 Å². The fourth-order valence-electron chi connectivity index (χ4n) is 0.659. The van der Waals surface area contributed by atoms with Crippen LogP contribution >= 0.6 is 0 Å². The van der Waals surface area contributed by atoms with Crippen LogP contribution in [0.5, 0.6) is 0 Å². The summed E-state index contributed by atoms with van der Waals surface area (Å²) in [5.41, 5.74) is 0.766. The normalized spacial score (nSPS) is 8.23. The molecule has 0 aliphatic rings. The van der Waals surface area contributed by atoms with Gasteiger partial charge in [0.05, 0.1) is 5.69 Å². The molecule has 0 spiro atoms. The van der Waals surface area contributed by atoms with E-state index < -0.39 is 0 Å². The minimum absolute atomic E-state index is 0.260. The fraction of sp³-hybridized carbons (Fsp3) is 0.400. The Morgan fingerprint density at radius 1 is 1.46 bits per heavy atom. The lowest BCUT2D eigenvalue weighted by molar-refractivity contribution is -0.142.